The zero-order valence-electron chi connectivity index (χ0n) is 12.8. The lowest BCUT2D eigenvalue weighted by Gasteiger charge is -2.22. The van der Waals surface area contributed by atoms with Gasteiger partial charge in [-0.1, -0.05) is 19.3 Å². The molecule has 23 heavy (non-hydrogen) atoms. The SMILES string of the molecule is O=C(N[C@@H]1CC12CCCCC2)c1ccc(-c2n[nH]c(=S)o2)cc1. The number of nitrogens with one attached hydrogen (secondary N) is 2. The smallest absolute Gasteiger partial charge is 0.284 e. The van der Waals surface area contributed by atoms with Crippen molar-refractivity contribution in [1.82, 2.24) is 15.5 Å². The van der Waals surface area contributed by atoms with Gasteiger partial charge in [0.2, 0.25) is 5.89 Å². The second kappa shape index (κ2) is 5.60. The van der Waals surface area contributed by atoms with Crippen LogP contribution in [0.2, 0.25) is 0 Å². The molecule has 1 aromatic carbocycles. The maximum Gasteiger partial charge on any atom is 0.284 e. The Morgan fingerprint density at radius 2 is 2.00 bits per heavy atom. The summed E-state index contributed by atoms with van der Waals surface area (Å²) in [6.07, 6.45) is 7.62. The zero-order chi connectivity index (χ0) is 15.9. The lowest BCUT2D eigenvalue weighted by Crippen LogP contribution is -2.30. The minimum atomic E-state index is 0.00641. The van der Waals surface area contributed by atoms with Crippen molar-refractivity contribution < 1.29 is 9.21 Å². The van der Waals surface area contributed by atoms with Gasteiger partial charge >= 0.3 is 0 Å². The first kappa shape index (κ1) is 14.6. The highest BCUT2D eigenvalue weighted by atomic mass is 32.1. The first-order chi connectivity index (χ1) is 11.2. The first-order valence-electron chi connectivity index (χ1n) is 8.13. The maximum atomic E-state index is 12.4. The van der Waals surface area contributed by atoms with E-state index in [2.05, 4.69) is 15.5 Å². The molecule has 0 unspecified atom stereocenters. The lowest BCUT2D eigenvalue weighted by molar-refractivity contribution is 0.0942. The van der Waals surface area contributed by atoms with E-state index < -0.39 is 0 Å². The second-order valence-corrected chi connectivity index (χ2v) is 7.02. The largest absolute Gasteiger partial charge is 0.409 e. The Morgan fingerprint density at radius 3 is 2.65 bits per heavy atom. The third-order valence-electron chi connectivity index (χ3n) is 5.18. The number of aromatic amines is 1. The molecule has 2 fully saturated rings. The average Bonchev–Trinajstić information content (AvgIpc) is 3.02. The lowest BCUT2D eigenvalue weighted by atomic mass is 9.86. The molecule has 2 aliphatic carbocycles. The molecule has 1 aromatic heterocycles. The molecule has 4 rings (SSSR count). The van der Waals surface area contributed by atoms with Crippen LogP contribution in [0.15, 0.2) is 28.7 Å². The number of rotatable bonds is 3. The topological polar surface area (TPSA) is 70.9 Å². The van der Waals surface area contributed by atoms with E-state index in [1.807, 2.05) is 12.1 Å². The van der Waals surface area contributed by atoms with Crippen LogP contribution in [0, 0.1) is 10.3 Å². The number of hydrogen-bond donors (Lipinski definition) is 2. The second-order valence-electron chi connectivity index (χ2n) is 6.65. The highest BCUT2D eigenvalue weighted by Gasteiger charge is 2.54. The Morgan fingerprint density at radius 1 is 1.26 bits per heavy atom. The highest BCUT2D eigenvalue weighted by molar-refractivity contribution is 7.71. The highest BCUT2D eigenvalue weighted by Crippen LogP contribution is 2.56. The van der Waals surface area contributed by atoms with Crippen LogP contribution in [0.4, 0.5) is 0 Å². The number of aromatic nitrogens is 2. The van der Waals surface area contributed by atoms with Crippen molar-refractivity contribution in [2.45, 2.75) is 44.6 Å². The van der Waals surface area contributed by atoms with Crippen LogP contribution in [0.1, 0.15) is 48.9 Å². The molecule has 120 valence electrons. The molecule has 2 aromatic rings. The van der Waals surface area contributed by atoms with Crippen LogP contribution in [0.25, 0.3) is 11.5 Å². The summed E-state index contributed by atoms with van der Waals surface area (Å²) in [7, 11) is 0. The molecule has 0 radical (unpaired) electrons. The molecule has 6 heteroatoms. The van der Waals surface area contributed by atoms with Crippen LogP contribution in [0.5, 0.6) is 0 Å². The van der Waals surface area contributed by atoms with Gasteiger partial charge in [-0.15, -0.1) is 5.10 Å². The van der Waals surface area contributed by atoms with E-state index in [1.54, 1.807) is 12.1 Å². The molecule has 2 aliphatic rings. The van der Waals surface area contributed by atoms with Gasteiger partial charge in [0, 0.05) is 17.2 Å². The Balaban J connectivity index is 1.42. The predicted octanol–water partition coefficient (Wildman–Crippen LogP) is 3.85. The summed E-state index contributed by atoms with van der Waals surface area (Å²) < 4.78 is 5.27. The van der Waals surface area contributed by atoms with Crippen molar-refractivity contribution in [3.05, 3.63) is 34.7 Å². The monoisotopic (exact) mass is 329 g/mol. The van der Waals surface area contributed by atoms with Crippen molar-refractivity contribution >= 4 is 18.1 Å². The number of amides is 1. The van der Waals surface area contributed by atoms with Gasteiger partial charge in [-0.2, -0.15) is 0 Å². The summed E-state index contributed by atoms with van der Waals surface area (Å²) >= 11 is 4.86. The molecule has 1 spiro atoms. The summed E-state index contributed by atoms with van der Waals surface area (Å²) in [5.74, 6) is 0.442. The molecular formula is C17H19N3O2S. The van der Waals surface area contributed by atoms with E-state index in [9.17, 15) is 4.79 Å². The maximum absolute atomic E-state index is 12.4. The van der Waals surface area contributed by atoms with E-state index in [1.165, 1.54) is 32.1 Å². The van der Waals surface area contributed by atoms with Gasteiger partial charge < -0.3 is 9.73 Å². The van der Waals surface area contributed by atoms with Gasteiger partial charge in [0.15, 0.2) is 0 Å². The Hall–Kier alpha value is -1.95. The van der Waals surface area contributed by atoms with Gasteiger partial charge in [0.05, 0.1) is 0 Å². The Bertz CT molecular complexity index is 772. The van der Waals surface area contributed by atoms with Gasteiger partial charge in [-0.3, -0.25) is 4.79 Å². The van der Waals surface area contributed by atoms with E-state index in [4.69, 9.17) is 16.6 Å². The molecule has 0 bridgehead atoms. The van der Waals surface area contributed by atoms with Gasteiger partial charge in [0.25, 0.3) is 10.7 Å². The number of benzene rings is 1. The standard InChI is InChI=1S/C17H19N3O2S/c21-14(18-13-10-17(13)8-2-1-3-9-17)11-4-6-12(7-5-11)15-19-20-16(23)22-15/h4-7,13H,1-3,8-10H2,(H,18,21)(H,20,23)/t13-/m1/s1. The normalized spacial score (nSPS) is 22.0. The molecule has 0 aliphatic heterocycles. The van der Waals surface area contributed by atoms with Crippen LogP contribution < -0.4 is 5.32 Å². The summed E-state index contributed by atoms with van der Waals surface area (Å²) in [5, 5.41) is 9.76. The third-order valence-corrected chi connectivity index (χ3v) is 5.35. The number of nitrogens with zero attached hydrogens (tertiary/aromatic N) is 1. The summed E-state index contributed by atoms with van der Waals surface area (Å²) in [5.41, 5.74) is 1.87. The van der Waals surface area contributed by atoms with Crippen molar-refractivity contribution in [2.75, 3.05) is 0 Å². The minimum absolute atomic E-state index is 0.00641. The fraction of sp³-hybridized carbons (Fsp3) is 0.471. The Kier molecular flexibility index (Phi) is 3.56. The van der Waals surface area contributed by atoms with Crippen LogP contribution in [0.3, 0.4) is 0 Å². The first-order valence-corrected chi connectivity index (χ1v) is 8.54. The third kappa shape index (κ3) is 2.83. The fourth-order valence-corrected chi connectivity index (χ4v) is 3.84. The summed E-state index contributed by atoms with van der Waals surface area (Å²) in [4.78, 5) is 12.6. The minimum Gasteiger partial charge on any atom is -0.409 e. The van der Waals surface area contributed by atoms with Gasteiger partial charge in [-0.05, 0) is 61.2 Å². The molecule has 2 saturated carbocycles. The molecule has 0 saturated heterocycles. The molecule has 5 nitrogen and oxygen atoms in total. The van der Waals surface area contributed by atoms with E-state index in [0.29, 0.717) is 22.9 Å². The van der Waals surface area contributed by atoms with Crippen molar-refractivity contribution in [2.24, 2.45) is 5.41 Å². The fourth-order valence-electron chi connectivity index (χ4n) is 3.72. The number of hydrogen-bond acceptors (Lipinski definition) is 4. The van der Waals surface area contributed by atoms with Crippen LogP contribution >= 0.6 is 12.2 Å². The molecule has 1 heterocycles. The molecule has 1 amide bonds. The summed E-state index contributed by atoms with van der Waals surface area (Å²) in [6.45, 7) is 0. The number of carbonyl (C=O) groups excluding carboxylic acids is 1. The Labute approximate surface area is 139 Å². The average molecular weight is 329 g/mol. The van der Waals surface area contributed by atoms with E-state index >= 15 is 0 Å². The van der Waals surface area contributed by atoms with Crippen molar-refractivity contribution in [3.63, 3.8) is 0 Å². The van der Waals surface area contributed by atoms with Gasteiger partial charge in [0.1, 0.15) is 0 Å². The van der Waals surface area contributed by atoms with Gasteiger partial charge in [-0.25, -0.2) is 5.10 Å². The van der Waals surface area contributed by atoms with Crippen molar-refractivity contribution in [1.29, 1.82) is 0 Å². The predicted molar refractivity (Wildman–Crippen MR) is 88.5 cm³/mol. The number of H-pyrrole nitrogens is 1. The molecule has 1 atom stereocenters. The quantitative estimate of drug-likeness (QED) is 0.839. The number of carbonyl (C=O) groups is 1. The van der Waals surface area contributed by atoms with Crippen LogP contribution in [-0.4, -0.2) is 22.1 Å². The molecule has 2 N–H and O–H groups in total. The van der Waals surface area contributed by atoms with E-state index in [0.717, 1.165) is 12.0 Å². The summed E-state index contributed by atoms with van der Waals surface area (Å²) in [6, 6.07) is 7.61. The van der Waals surface area contributed by atoms with Crippen LogP contribution in [-0.2, 0) is 0 Å². The van der Waals surface area contributed by atoms with E-state index in [-0.39, 0.29) is 10.7 Å². The zero-order valence-corrected chi connectivity index (χ0v) is 13.6. The molecular weight excluding hydrogens is 310 g/mol. The van der Waals surface area contributed by atoms with Crippen molar-refractivity contribution in [3.8, 4) is 11.5 Å².